The normalized spacial score (nSPS) is 27.4. The molecule has 120 valence electrons. The molecule has 3 heteroatoms. The lowest BCUT2D eigenvalue weighted by molar-refractivity contribution is 0.101. The van der Waals surface area contributed by atoms with E-state index in [0.717, 1.165) is 18.4 Å². The Morgan fingerprint density at radius 2 is 1.95 bits per heavy atom. The molecule has 1 aliphatic rings. The second kappa shape index (κ2) is 9.32. The first kappa shape index (κ1) is 18.3. The predicted molar refractivity (Wildman–Crippen MR) is 93.7 cm³/mol. The zero-order chi connectivity index (χ0) is 15.0. The third-order valence-electron chi connectivity index (χ3n) is 4.67. The highest BCUT2D eigenvalue weighted by Crippen LogP contribution is 2.39. The summed E-state index contributed by atoms with van der Waals surface area (Å²) < 4.78 is 0. The van der Waals surface area contributed by atoms with Gasteiger partial charge in [0.05, 0.1) is 0 Å². The monoisotopic (exact) mass is 300 g/mol. The fraction of sp³-hybridized carbons (Fsp3) is 1.00. The summed E-state index contributed by atoms with van der Waals surface area (Å²) in [5.74, 6) is 2.94. The highest BCUT2D eigenvalue weighted by molar-refractivity contribution is 7.98. The third-order valence-corrected chi connectivity index (χ3v) is 5.26. The summed E-state index contributed by atoms with van der Waals surface area (Å²) >= 11 is 1.96. The molecule has 1 fully saturated rings. The van der Waals surface area contributed by atoms with E-state index in [2.05, 4.69) is 44.3 Å². The lowest BCUT2D eigenvalue weighted by Crippen LogP contribution is -2.46. The molecule has 1 saturated carbocycles. The molecule has 0 bridgehead atoms. The molecule has 0 aliphatic heterocycles. The van der Waals surface area contributed by atoms with E-state index in [9.17, 15) is 0 Å². The van der Waals surface area contributed by atoms with Gasteiger partial charge in [0, 0.05) is 25.4 Å². The van der Waals surface area contributed by atoms with E-state index < -0.39 is 0 Å². The summed E-state index contributed by atoms with van der Waals surface area (Å²) in [6.07, 6.45) is 7.85. The number of hydrogen-bond acceptors (Lipinski definition) is 3. The Morgan fingerprint density at radius 3 is 2.50 bits per heavy atom. The van der Waals surface area contributed by atoms with Gasteiger partial charge in [-0.05, 0) is 49.9 Å². The number of nitrogens with zero attached hydrogens (tertiary/aromatic N) is 1. The predicted octanol–water partition coefficient (Wildman–Crippen LogP) is 3.72. The Morgan fingerprint density at radius 1 is 1.30 bits per heavy atom. The maximum absolute atomic E-state index is 3.74. The molecule has 0 saturated heterocycles. The molecule has 1 aliphatic carbocycles. The smallest absolute Gasteiger partial charge is 0.00694 e. The van der Waals surface area contributed by atoms with Crippen molar-refractivity contribution in [3.05, 3.63) is 0 Å². The van der Waals surface area contributed by atoms with E-state index in [1.165, 1.54) is 51.1 Å². The lowest BCUT2D eigenvalue weighted by atomic mass is 9.70. The third kappa shape index (κ3) is 6.82. The zero-order valence-corrected chi connectivity index (χ0v) is 15.2. The summed E-state index contributed by atoms with van der Waals surface area (Å²) in [5, 5.41) is 3.74. The summed E-state index contributed by atoms with van der Waals surface area (Å²) in [7, 11) is 2.30. The molecule has 2 nitrogen and oxygen atoms in total. The Balaban J connectivity index is 2.50. The molecule has 0 radical (unpaired) electrons. The molecule has 0 amide bonds. The van der Waals surface area contributed by atoms with Crippen molar-refractivity contribution in [2.45, 2.75) is 46.5 Å². The van der Waals surface area contributed by atoms with Crippen molar-refractivity contribution >= 4 is 11.8 Å². The van der Waals surface area contributed by atoms with Gasteiger partial charge in [-0.25, -0.2) is 0 Å². The van der Waals surface area contributed by atoms with Gasteiger partial charge in [-0.1, -0.05) is 33.6 Å². The minimum Gasteiger partial charge on any atom is -0.316 e. The fourth-order valence-electron chi connectivity index (χ4n) is 3.29. The van der Waals surface area contributed by atoms with Crippen LogP contribution < -0.4 is 5.32 Å². The first-order valence-corrected chi connectivity index (χ1v) is 9.75. The van der Waals surface area contributed by atoms with Gasteiger partial charge < -0.3 is 10.2 Å². The Labute approximate surface area is 131 Å². The van der Waals surface area contributed by atoms with Gasteiger partial charge in [-0.2, -0.15) is 11.8 Å². The van der Waals surface area contributed by atoms with Crippen molar-refractivity contribution in [1.82, 2.24) is 10.2 Å². The molecule has 20 heavy (non-hydrogen) atoms. The van der Waals surface area contributed by atoms with Crippen molar-refractivity contribution < 1.29 is 0 Å². The topological polar surface area (TPSA) is 15.3 Å². The minimum atomic E-state index is 0.522. The second-order valence-electron chi connectivity index (χ2n) is 7.44. The minimum absolute atomic E-state index is 0.522. The van der Waals surface area contributed by atoms with Crippen LogP contribution >= 0.6 is 11.8 Å². The largest absolute Gasteiger partial charge is 0.316 e. The van der Waals surface area contributed by atoms with Crippen LogP contribution in [0.5, 0.6) is 0 Å². The van der Waals surface area contributed by atoms with Gasteiger partial charge in [-0.15, -0.1) is 0 Å². The van der Waals surface area contributed by atoms with Gasteiger partial charge >= 0.3 is 0 Å². The first-order valence-electron chi connectivity index (χ1n) is 8.35. The van der Waals surface area contributed by atoms with E-state index in [-0.39, 0.29) is 0 Å². The molecular weight excluding hydrogens is 264 g/mol. The van der Waals surface area contributed by atoms with Gasteiger partial charge in [0.2, 0.25) is 0 Å². The van der Waals surface area contributed by atoms with Gasteiger partial charge in [-0.3, -0.25) is 0 Å². The van der Waals surface area contributed by atoms with Crippen LogP contribution in [0.15, 0.2) is 0 Å². The highest BCUT2D eigenvalue weighted by Gasteiger charge is 2.34. The molecule has 0 aromatic rings. The number of hydrogen-bond donors (Lipinski definition) is 1. The number of rotatable bonds is 9. The van der Waals surface area contributed by atoms with Crippen LogP contribution in [0.1, 0.15) is 46.5 Å². The summed E-state index contributed by atoms with van der Waals surface area (Å²) in [6.45, 7) is 11.9. The molecule has 0 aromatic heterocycles. The summed E-state index contributed by atoms with van der Waals surface area (Å²) in [6, 6.07) is 0. The molecule has 1 rings (SSSR count). The van der Waals surface area contributed by atoms with Crippen molar-refractivity contribution in [1.29, 1.82) is 0 Å². The Bertz CT molecular complexity index is 247. The van der Waals surface area contributed by atoms with E-state index >= 15 is 0 Å². The van der Waals surface area contributed by atoms with Crippen LogP contribution in [0.25, 0.3) is 0 Å². The van der Waals surface area contributed by atoms with E-state index in [4.69, 9.17) is 0 Å². The quantitative estimate of drug-likeness (QED) is 0.698. The first-order chi connectivity index (χ1) is 9.47. The maximum atomic E-state index is 3.74. The average Bonchev–Trinajstić information content (AvgIpc) is 2.39. The molecular formula is C17H36N2S. The summed E-state index contributed by atoms with van der Waals surface area (Å²) in [5.41, 5.74) is 0.522. The highest BCUT2D eigenvalue weighted by atomic mass is 32.2. The molecule has 0 spiro atoms. The number of nitrogens with one attached hydrogen (secondary N) is 1. The zero-order valence-electron chi connectivity index (χ0n) is 14.4. The molecule has 0 aromatic carbocycles. The van der Waals surface area contributed by atoms with Crippen LogP contribution in [-0.2, 0) is 0 Å². The van der Waals surface area contributed by atoms with Crippen LogP contribution in [0.3, 0.4) is 0 Å². The van der Waals surface area contributed by atoms with E-state index in [0.29, 0.717) is 5.41 Å². The van der Waals surface area contributed by atoms with Crippen LogP contribution in [0, 0.1) is 17.3 Å². The maximum Gasteiger partial charge on any atom is 0.00694 e. The van der Waals surface area contributed by atoms with Crippen molar-refractivity contribution in [3.63, 3.8) is 0 Å². The van der Waals surface area contributed by atoms with Crippen molar-refractivity contribution in [2.75, 3.05) is 45.2 Å². The van der Waals surface area contributed by atoms with Crippen LogP contribution in [0.2, 0.25) is 0 Å². The fourth-order valence-corrected chi connectivity index (χ4v) is 3.78. The second-order valence-corrected chi connectivity index (χ2v) is 8.42. The average molecular weight is 301 g/mol. The molecule has 1 N–H and O–H groups in total. The molecule has 0 unspecified atom stereocenters. The Kier molecular flexibility index (Phi) is 8.54. The lowest BCUT2D eigenvalue weighted by Gasteiger charge is -2.42. The molecule has 0 heterocycles. The van der Waals surface area contributed by atoms with Crippen molar-refractivity contribution in [2.24, 2.45) is 17.3 Å². The Hall–Kier alpha value is 0.270. The molecule has 0 atom stereocenters. The van der Waals surface area contributed by atoms with Crippen molar-refractivity contribution in [3.8, 4) is 0 Å². The van der Waals surface area contributed by atoms with Crippen LogP contribution in [-0.4, -0.2) is 50.1 Å². The number of thioether (sulfide) groups is 1. The SMILES string of the molecule is CSCCN(C)CC1(CNCC(C)C)CCC(C)CC1. The standard InChI is InChI=1S/C17H36N2S/c1-15(2)12-18-13-17(8-6-16(3)7-9-17)14-19(4)10-11-20-5/h15-16,18H,6-14H2,1-5H3. The van der Waals surface area contributed by atoms with Gasteiger partial charge in [0.15, 0.2) is 0 Å². The van der Waals surface area contributed by atoms with E-state index in [1.807, 2.05) is 11.8 Å². The van der Waals surface area contributed by atoms with Crippen LogP contribution in [0.4, 0.5) is 0 Å². The van der Waals surface area contributed by atoms with Gasteiger partial charge in [0.25, 0.3) is 0 Å². The van der Waals surface area contributed by atoms with E-state index in [1.54, 1.807) is 0 Å². The van der Waals surface area contributed by atoms with Gasteiger partial charge in [0.1, 0.15) is 0 Å². The summed E-state index contributed by atoms with van der Waals surface area (Å²) in [4.78, 5) is 2.56.